The quantitative estimate of drug-likeness (QED) is 0.785. The zero-order valence-electron chi connectivity index (χ0n) is 10.6. The molecule has 0 unspecified atom stereocenters. The van der Waals surface area contributed by atoms with Gasteiger partial charge in [0, 0.05) is 18.8 Å². The van der Waals surface area contributed by atoms with Crippen LogP contribution in [0.3, 0.4) is 0 Å². The second-order valence-corrected chi connectivity index (χ2v) is 4.13. The van der Waals surface area contributed by atoms with E-state index in [2.05, 4.69) is 5.32 Å². The molecule has 0 heterocycles. The molecule has 0 saturated carbocycles. The number of nitrogens with one attached hydrogen (secondary N) is 1. The summed E-state index contributed by atoms with van der Waals surface area (Å²) in [5.74, 6) is 0.573. The average Bonchev–Trinajstić information content (AvgIpc) is 2.46. The molecule has 0 spiro atoms. The average molecular weight is 260 g/mol. The molecule has 0 aliphatic heterocycles. The number of hydrogen-bond acceptors (Lipinski definition) is 3. The maximum absolute atomic E-state index is 12.7. The van der Waals surface area contributed by atoms with Crippen LogP contribution in [0, 0.1) is 5.82 Å². The molecule has 2 aromatic rings. The van der Waals surface area contributed by atoms with Crippen LogP contribution in [0.25, 0.3) is 0 Å². The van der Waals surface area contributed by atoms with Crippen molar-refractivity contribution in [3.8, 4) is 5.75 Å². The standard InChI is InChI=1S/C15H17FN2O/c16-13-4-6-14(7-5-13)18-8-9-19-15-3-1-2-12(10-15)11-17/h1-7,10,18H,8-9,11,17H2. The van der Waals surface area contributed by atoms with Gasteiger partial charge in [0.25, 0.3) is 0 Å². The van der Waals surface area contributed by atoms with Crippen LogP contribution < -0.4 is 15.8 Å². The molecule has 19 heavy (non-hydrogen) atoms. The molecule has 0 atom stereocenters. The van der Waals surface area contributed by atoms with Crippen molar-refractivity contribution in [1.29, 1.82) is 0 Å². The van der Waals surface area contributed by atoms with Crippen molar-refractivity contribution in [2.75, 3.05) is 18.5 Å². The molecule has 0 saturated heterocycles. The summed E-state index contributed by atoms with van der Waals surface area (Å²) < 4.78 is 18.3. The Hall–Kier alpha value is -2.07. The number of rotatable bonds is 6. The van der Waals surface area contributed by atoms with Crippen LogP contribution in [-0.4, -0.2) is 13.2 Å². The predicted molar refractivity (Wildman–Crippen MR) is 74.7 cm³/mol. The number of ether oxygens (including phenoxy) is 1. The van der Waals surface area contributed by atoms with E-state index in [0.29, 0.717) is 19.7 Å². The SMILES string of the molecule is NCc1cccc(OCCNc2ccc(F)cc2)c1. The molecule has 0 aliphatic rings. The van der Waals surface area contributed by atoms with E-state index in [9.17, 15) is 4.39 Å². The van der Waals surface area contributed by atoms with Crippen molar-refractivity contribution in [3.63, 3.8) is 0 Å². The first-order valence-electron chi connectivity index (χ1n) is 6.19. The molecule has 4 heteroatoms. The summed E-state index contributed by atoms with van der Waals surface area (Å²) in [6.45, 7) is 1.69. The van der Waals surface area contributed by atoms with Crippen molar-refractivity contribution >= 4 is 5.69 Å². The first kappa shape index (κ1) is 13.4. The fourth-order valence-electron chi connectivity index (χ4n) is 1.69. The normalized spacial score (nSPS) is 10.2. The van der Waals surface area contributed by atoms with Crippen LogP contribution in [0.5, 0.6) is 5.75 Å². The lowest BCUT2D eigenvalue weighted by Crippen LogP contribution is -2.11. The summed E-state index contributed by atoms with van der Waals surface area (Å²) in [4.78, 5) is 0. The Balaban J connectivity index is 1.75. The van der Waals surface area contributed by atoms with Crippen LogP contribution in [-0.2, 0) is 6.54 Å². The van der Waals surface area contributed by atoms with Gasteiger partial charge in [0.1, 0.15) is 18.2 Å². The van der Waals surface area contributed by atoms with E-state index in [1.54, 1.807) is 12.1 Å². The molecule has 0 fully saturated rings. The zero-order valence-corrected chi connectivity index (χ0v) is 10.6. The van der Waals surface area contributed by atoms with Crippen molar-refractivity contribution in [2.24, 2.45) is 5.73 Å². The van der Waals surface area contributed by atoms with Crippen molar-refractivity contribution in [1.82, 2.24) is 0 Å². The van der Waals surface area contributed by atoms with Gasteiger partial charge in [-0.2, -0.15) is 0 Å². The number of halogens is 1. The summed E-state index contributed by atoms with van der Waals surface area (Å²) in [7, 11) is 0. The fraction of sp³-hybridized carbons (Fsp3) is 0.200. The molecule has 3 N–H and O–H groups in total. The van der Waals surface area contributed by atoms with Gasteiger partial charge in [-0.3, -0.25) is 0 Å². The number of anilines is 1. The van der Waals surface area contributed by atoms with E-state index in [1.165, 1.54) is 12.1 Å². The minimum absolute atomic E-state index is 0.236. The molecule has 0 radical (unpaired) electrons. The highest BCUT2D eigenvalue weighted by Gasteiger charge is 1.96. The van der Waals surface area contributed by atoms with Crippen LogP contribution in [0.4, 0.5) is 10.1 Å². The number of hydrogen-bond donors (Lipinski definition) is 2. The maximum atomic E-state index is 12.7. The highest BCUT2D eigenvalue weighted by molar-refractivity contribution is 5.42. The highest BCUT2D eigenvalue weighted by atomic mass is 19.1. The van der Waals surface area contributed by atoms with Crippen molar-refractivity contribution < 1.29 is 9.13 Å². The third kappa shape index (κ3) is 4.26. The smallest absolute Gasteiger partial charge is 0.123 e. The van der Waals surface area contributed by atoms with Crippen LogP contribution in [0.2, 0.25) is 0 Å². The van der Waals surface area contributed by atoms with E-state index >= 15 is 0 Å². The van der Waals surface area contributed by atoms with Gasteiger partial charge in [-0.05, 0) is 42.0 Å². The molecule has 0 amide bonds. The van der Waals surface area contributed by atoms with Gasteiger partial charge in [0.2, 0.25) is 0 Å². The Bertz CT molecular complexity index is 514. The van der Waals surface area contributed by atoms with E-state index in [0.717, 1.165) is 17.0 Å². The van der Waals surface area contributed by atoms with E-state index in [4.69, 9.17) is 10.5 Å². The Morgan fingerprint density at radius 3 is 2.63 bits per heavy atom. The molecule has 2 rings (SSSR count). The van der Waals surface area contributed by atoms with Gasteiger partial charge in [0.15, 0.2) is 0 Å². The monoisotopic (exact) mass is 260 g/mol. The van der Waals surface area contributed by atoms with Gasteiger partial charge in [-0.25, -0.2) is 4.39 Å². The molecular formula is C15H17FN2O. The lowest BCUT2D eigenvalue weighted by Gasteiger charge is -2.09. The summed E-state index contributed by atoms with van der Waals surface area (Å²) in [5, 5.41) is 3.15. The molecule has 0 aliphatic carbocycles. The number of nitrogens with two attached hydrogens (primary N) is 1. The lowest BCUT2D eigenvalue weighted by atomic mass is 10.2. The zero-order chi connectivity index (χ0) is 13.5. The Morgan fingerprint density at radius 1 is 1.11 bits per heavy atom. The first-order valence-corrected chi connectivity index (χ1v) is 6.19. The second kappa shape index (κ2) is 6.75. The topological polar surface area (TPSA) is 47.3 Å². The third-order valence-corrected chi connectivity index (χ3v) is 2.68. The van der Waals surface area contributed by atoms with Crippen molar-refractivity contribution in [2.45, 2.75) is 6.54 Å². The minimum Gasteiger partial charge on any atom is -0.492 e. The summed E-state index contributed by atoms with van der Waals surface area (Å²) in [6, 6.07) is 14.0. The molecule has 2 aromatic carbocycles. The Kier molecular flexibility index (Phi) is 4.75. The molecular weight excluding hydrogens is 243 g/mol. The van der Waals surface area contributed by atoms with Crippen LogP contribution in [0.15, 0.2) is 48.5 Å². The lowest BCUT2D eigenvalue weighted by molar-refractivity contribution is 0.332. The van der Waals surface area contributed by atoms with Gasteiger partial charge in [-0.1, -0.05) is 12.1 Å². The van der Waals surface area contributed by atoms with Gasteiger partial charge < -0.3 is 15.8 Å². The first-order chi connectivity index (χ1) is 9.28. The molecule has 0 aromatic heterocycles. The van der Waals surface area contributed by atoms with Crippen LogP contribution >= 0.6 is 0 Å². The highest BCUT2D eigenvalue weighted by Crippen LogP contribution is 2.13. The maximum Gasteiger partial charge on any atom is 0.123 e. The summed E-state index contributed by atoms with van der Waals surface area (Å²) in [5.41, 5.74) is 7.48. The second-order valence-electron chi connectivity index (χ2n) is 4.13. The predicted octanol–water partition coefficient (Wildman–Crippen LogP) is 2.78. The van der Waals surface area contributed by atoms with E-state index in [1.807, 2.05) is 24.3 Å². The minimum atomic E-state index is -0.236. The van der Waals surface area contributed by atoms with Crippen molar-refractivity contribution in [3.05, 3.63) is 59.9 Å². The van der Waals surface area contributed by atoms with E-state index < -0.39 is 0 Å². The summed E-state index contributed by atoms with van der Waals surface area (Å²) in [6.07, 6.45) is 0. The Morgan fingerprint density at radius 2 is 1.89 bits per heavy atom. The largest absolute Gasteiger partial charge is 0.492 e. The van der Waals surface area contributed by atoms with Gasteiger partial charge >= 0.3 is 0 Å². The Labute approximate surface area is 112 Å². The van der Waals surface area contributed by atoms with E-state index in [-0.39, 0.29) is 5.82 Å². The molecule has 0 bridgehead atoms. The van der Waals surface area contributed by atoms with Gasteiger partial charge in [-0.15, -0.1) is 0 Å². The van der Waals surface area contributed by atoms with Crippen LogP contribution in [0.1, 0.15) is 5.56 Å². The molecule has 100 valence electrons. The van der Waals surface area contributed by atoms with Gasteiger partial charge in [0.05, 0.1) is 0 Å². The number of benzene rings is 2. The fourth-order valence-corrected chi connectivity index (χ4v) is 1.69. The summed E-state index contributed by atoms with van der Waals surface area (Å²) >= 11 is 0. The molecule has 3 nitrogen and oxygen atoms in total. The third-order valence-electron chi connectivity index (χ3n) is 2.68.